The van der Waals surface area contributed by atoms with Crippen molar-refractivity contribution in [3.63, 3.8) is 0 Å². The SMILES string of the molecule is COc1ccc(C2C3CN(C(C)C)CC32)cn1. The molecule has 2 fully saturated rings. The normalized spacial score (nSPS) is 31.6. The molecule has 0 N–H and O–H groups in total. The lowest BCUT2D eigenvalue weighted by atomic mass is 10.1. The second-order valence-corrected chi connectivity index (χ2v) is 5.54. The summed E-state index contributed by atoms with van der Waals surface area (Å²) in [5.74, 6) is 3.20. The number of pyridine rings is 1. The lowest BCUT2D eigenvalue weighted by Crippen LogP contribution is -2.30. The van der Waals surface area contributed by atoms with Crippen molar-refractivity contribution in [3.05, 3.63) is 23.9 Å². The van der Waals surface area contributed by atoms with Crippen molar-refractivity contribution in [1.29, 1.82) is 0 Å². The average Bonchev–Trinajstić information content (AvgIpc) is 2.83. The second kappa shape index (κ2) is 3.98. The number of likely N-dealkylation sites (tertiary alicyclic amines) is 1. The summed E-state index contributed by atoms with van der Waals surface area (Å²) < 4.78 is 5.09. The first-order valence-electron chi connectivity index (χ1n) is 6.44. The Bertz CT molecular complexity index is 389. The minimum absolute atomic E-state index is 0.692. The standard InChI is InChI=1S/C14H20N2O/c1-9(2)16-7-11-12(8-16)14(11)10-4-5-13(17-3)15-6-10/h4-6,9,11-12,14H,7-8H2,1-3H3. The van der Waals surface area contributed by atoms with Crippen molar-refractivity contribution in [2.24, 2.45) is 11.8 Å². The lowest BCUT2D eigenvalue weighted by Gasteiger charge is -2.23. The molecule has 1 saturated heterocycles. The largest absolute Gasteiger partial charge is 0.481 e. The number of piperidine rings is 1. The van der Waals surface area contributed by atoms with Crippen LogP contribution < -0.4 is 4.74 Å². The molecule has 2 heterocycles. The molecule has 1 saturated carbocycles. The third-order valence-corrected chi connectivity index (χ3v) is 4.31. The van der Waals surface area contributed by atoms with Gasteiger partial charge in [-0.15, -0.1) is 0 Å². The Kier molecular flexibility index (Phi) is 2.58. The first-order valence-corrected chi connectivity index (χ1v) is 6.44. The molecule has 3 rings (SSSR count). The zero-order valence-electron chi connectivity index (χ0n) is 10.8. The molecule has 3 nitrogen and oxygen atoms in total. The van der Waals surface area contributed by atoms with E-state index < -0.39 is 0 Å². The number of methoxy groups -OCH3 is 1. The van der Waals surface area contributed by atoms with Gasteiger partial charge in [-0.3, -0.25) is 0 Å². The van der Waals surface area contributed by atoms with Gasteiger partial charge in [0, 0.05) is 31.4 Å². The number of fused-ring (bicyclic) bond motifs is 1. The Morgan fingerprint density at radius 1 is 1.29 bits per heavy atom. The minimum Gasteiger partial charge on any atom is -0.481 e. The Morgan fingerprint density at radius 3 is 2.47 bits per heavy atom. The molecule has 1 aromatic heterocycles. The number of rotatable bonds is 3. The Hall–Kier alpha value is -1.09. The molecule has 17 heavy (non-hydrogen) atoms. The van der Waals surface area contributed by atoms with Crippen LogP contribution >= 0.6 is 0 Å². The van der Waals surface area contributed by atoms with Crippen LogP contribution in [0.5, 0.6) is 5.88 Å². The summed E-state index contributed by atoms with van der Waals surface area (Å²) in [6.07, 6.45) is 1.99. The third-order valence-electron chi connectivity index (χ3n) is 4.31. The van der Waals surface area contributed by atoms with E-state index in [1.807, 2.05) is 12.3 Å². The molecule has 2 atom stereocenters. The summed E-state index contributed by atoms with van der Waals surface area (Å²) in [5.41, 5.74) is 1.39. The summed E-state index contributed by atoms with van der Waals surface area (Å²) in [7, 11) is 1.66. The minimum atomic E-state index is 0.692. The van der Waals surface area contributed by atoms with Gasteiger partial charge < -0.3 is 9.64 Å². The van der Waals surface area contributed by atoms with Crippen molar-refractivity contribution in [2.45, 2.75) is 25.8 Å². The van der Waals surface area contributed by atoms with Gasteiger partial charge in [0.15, 0.2) is 0 Å². The fourth-order valence-electron chi connectivity index (χ4n) is 3.18. The second-order valence-electron chi connectivity index (χ2n) is 5.54. The van der Waals surface area contributed by atoms with Crippen molar-refractivity contribution in [2.75, 3.05) is 20.2 Å². The van der Waals surface area contributed by atoms with E-state index in [4.69, 9.17) is 4.74 Å². The zero-order valence-corrected chi connectivity index (χ0v) is 10.8. The van der Waals surface area contributed by atoms with Gasteiger partial charge in [0.1, 0.15) is 0 Å². The van der Waals surface area contributed by atoms with Gasteiger partial charge >= 0.3 is 0 Å². The lowest BCUT2D eigenvalue weighted by molar-refractivity contribution is 0.243. The van der Waals surface area contributed by atoms with Gasteiger partial charge in [0.25, 0.3) is 0 Å². The van der Waals surface area contributed by atoms with E-state index in [0.717, 1.165) is 17.8 Å². The zero-order chi connectivity index (χ0) is 12.0. The van der Waals surface area contributed by atoms with Gasteiger partial charge in [0.2, 0.25) is 5.88 Å². The quantitative estimate of drug-likeness (QED) is 0.798. The predicted molar refractivity (Wildman–Crippen MR) is 67.2 cm³/mol. The Labute approximate surface area is 103 Å². The van der Waals surface area contributed by atoms with Crippen LogP contribution in [0.4, 0.5) is 0 Å². The van der Waals surface area contributed by atoms with Gasteiger partial charge in [0.05, 0.1) is 7.11 Å². The van der Waals surface area contributed by atoms with Crippen LogP contribution in [0.25, 0.3) is 0 Å². The number of hydrogen-bond donors (Lipinski definition) is 0. The first-order chi connectivity index (χ1) is 8.20. The van der Waals surface area contributed by atoms with E-state index in [9.17, 15) is 0 Å². The average molecular weight is 232 g/mol. The number of ether oxygens (including phenoxy) is 1. The maximum atomic E-state index is 5.09. The van der Waals surface area contributed by atoms with Crippen LogP contribution in [0.3, 0.4) is 0 Å². The molecule has 1 aromatic rings. The molecule has 1 aliphatic heterocycles. The molecule has 92 valence electrons. The van der Waals surface area contributed by atoms with Gasteiger partial charge in [-0.25, -0.2) is 4.98 Å². The van der Waals surface area contributed by atoms with E-state index >= 15 is 0 Å². The maximum absolute atomic E-state index is 5.09. The molecular weight excluding hydrogens is 212 g/mol. The highest BCUT2D eigenvalue weighted by atomic mass is 16.5. The van der Waals surface area contributed by atoms with Crippen LogP contribution in [-0.4, -0.2) is 36.1 Å². The van der Waals surface area contributed by atoms with Crippen LogP contribution in [-0.2, 0) is 0 Å². The molecular formula is C14H20N2O. The van der Waals surface area contributed by atoms with E-state index in [1.165, 1.54) is 18.7 Å². The highest BCUT2D eigenvalue weighted by molar-refractivity contribution is 5.30. The number of nitrogens with zero attached hydrogens (tertiary/aromatic N) is 2. The van der Waals surface area contributed by atoms with Crippen LogP contribution in [0, 0.1) is 11.8 Å². The van der Waals surface area contributed by atoms with Gasteiger partial charge in [-0.1, -0.05) is 6.07 Å². The smallest absolute Gasteiger partial charge is 0.212 e. The first kappa shape index (κ1) is 11.0. The van der Waals surface area contributed by atoms with E-state index in [2.05, 4.69) is 29.8 Å². The third kappa shape index (κ3) is 1.82. The highest BCUT2D eigenvalue weighted by Crippen LogP contribution is 2.58. The summed E-state index contributed by atoms with van der Waals surface area (Å²) in [6.45, 7) is 7.10. The van der Waals surface area contributed by atoms with Crippen LogP contribution in [0.2, 0.25) is 0 Å². The monoisotopic (exact) mass is 232 g/mol. The van der Waals surface area contributed by atoms with Crippen molar-refractivity contribution in [1.82, 2.24) is 9.88 Å². The van der Waals surface area contributed by atoms with Crippen LogP contribution in [0.15, 0.2) is 18.3 Å². The molecule has 2 aliphatic rings. The fraction of sp³-hybridized carbons (Fsp3) is 0.643. The number of aromatic nitrogens is 1. The molecule has 0 radical (unpaired) electrons. The molecule has 3 heteroatoms. The Morgan fingerprint density at radius 2 is 2.00 bits per heavy atom. The topological polar surface area (TPSA) is 25.4 Å². The van der Waals surface area contributed by atoms with E-state index in [1.54, 1.807) is 7.11 Å². The maximum Gasteiger partial charge on any atom is 0.212 e. The summed E-state index contributed by atoms with van der Waals surface area (Å²) >= 11 is 0. The van der Waals surface area contributed by atoms with E-state index in [-0.39, 0.29) is 0 Å². The van der Waals surface area contributed by atoms with Crippen molar-refractivity contribution >= 4 is 0 Å². The Balaban J connectivity index is 1.66. The van der Waals surface area contributed by atoms with Gasteiger partial charge in [-0.2, -0.15) is 0 Å². The fourth-order valence-corrected chi connectivity index (χ4v) is 3.18. The predicted octanol–water partition coefficient (Wildman–Crippen LogP) is 2.14. The van der Waals surface area contributed by atoms with Crippen LogP contribution in [0.1, 0.15) is 25.3 Å². The summed E-state index contributed by atoms with van der Waals surface area (Å²) in [4.78, 5) is 6.89. The highest BCUT2D eigenvalue weighted by Gasteiger charge is 2.56. The van der Waals surface area contributed by atoms with Crippen molar-refractivity contribution < 1.29 is 4.74 Å². The van der Waals surface area contributed by atoms with E-state index in [0.29, 0.717) is 11.9 Å². The van der Waals surface area contributed by atoms with Gasteiger partial charge in [-0.05, 0) is 37.2 Å². The molecule has 2 unspecified atom stereocenters. The summed E-state index contributed by atoms with van der Waals surface area (Å²) in [5, 5.41) is 0. The molecule has 0 aromatic carbocycles. The molecule has 0 amide bonds. The molecule has 0 spiro atoms. The van der Waals surface area contributed by atoms with Crippen molar-refractivity contribution in [3.8, 4) is 5.88 Å². The number of hydrogen-bond acceptors (Lipinski definition) is 3. The summed E-state index contributed by atoms with van der Waals surface area (Å²) in [6, 6.07) is 4.84. The molecule has 0 bridgehead atoms. The molecule has 1 aliphatic carbocycles.